The smallest absolute Gasteiger partial charge is 0.315 e. The van der Waals surface area contributed by atoms with Crippen LogP contribution in [0.1, 0.15) is 56.3 Å². The van der Waals surface area contributed by atoms with Gasteiger partial charge in [0, 0.05) is 36.2 Å². The van der Waals surface area contributed by atoms with Crippen molar-refractivity contribution in [3.8, 4) is 5.75 Å². The van der Waals surface area contributed by atoms with Gasteiger partial charge in [-0.1, -0.05) is 54.1 Å². The summed E-state index contributed by atoms with van der Waals surface area (Å²) in [4.78, 5) is 49.6. The molecule has 4 rings (SSSR count). The number of aliphatic carboxylic acids is 1. The molecule has 0 saturated heterocycles. The Morgan fingerprint density at radius 2 is 1.72 bits per heavy atom. The summed E-state index contributed by atoms with van der Waals surface area (Å²) in [5.41, 5.74) is 3.04. The van der Waals surface area contributed by atoms with Gasteiger partial charge in [-0.05, 0) is 48.2 Å². The third-order valence-corrected chi connectivity index (χ3v) is 7.00. The van der Waals surface area contributed by atoms with Crippen LogP contribution < -0.4 is 16.0 Å². The Labute approximate surface area is 230 Å². The number of phenolic OH excluding ortho intramolecular Hbond substituents is 1. The second-order valence-electron chi connectivity index (χ2n) is 9.31. The molecule has 202 valence electrons. The summed E-state index contributed by atoms with van der Waals surface area (Å²) in [5, 5.41) is 27.6. The molecule has 1 aliphatic carbocycles. The Morgan fingerprint density at radius 1 is 0.974 bits per heavy atom. The zero-order valence-corrected chi connectivity index (χ0v) is 21.7. The molecule has 3 aromatic carbocycles. The number of carbonyl (C=O) groups is 4. The number of ketones is 1. The number of urea groups is 1. The molecule has 2 atom stereocenters. The highest BCUT2D eigenvalue weighted by Crippen LogP contribution is 2.30. The quantitative estimate of drug-likeness (QED) is 0.239. The van der Waals surface area contributed by atoms with Crippen molar-refractivity contribution in [3.05, 3.63) is 99.6 Å². The predicted molar refractivity (Wildman–Crippen MR) is 145 cm³/mol. The van der Waals surface area contributed by atoms with E-state index >= 15 is 0 Å². The molecule has 5 N–H and O–H groups in total. The first-order valence-corrected chi connectivity index (χ1v) is 12.8. The maximum absolute atomic E-state index is 12.9. The van der Waals surface area contributed by atoms with Crippen molar-refractivity contribution < 1.29 is 29.4 Å². The van der Waals surface area contributed by atoms with Crippen molar-refractivity contribution >= 4 is 35.3 Å². The van der Waals surface area contributed by atoms with Gasteiger partial charge in [0.2, 0.25) is 0 Å². The van der Waals surface area contributed by atoms with Crippen molar-refractivity contribution in [2.45, 2.75) is 31.8 Å². The molecule has 0 heterocycles. The number of aryl methyl sites for hydroxylation is 1. The summed E-state index contributed by atoms with van der Waals surface area (Å²) in [6.45, 7) is -0.149. The van der Waals surface area contributed by atoms with Gasteiger partial charge in [-0.3, -0.25) is 14.4 Å². The van der Waals surface area contributed by atoms with Crippen LogP contribution in [0.15, 0.2) is 66.7 Å². The van der Waals surface area contributed by atoms with E-state index in [4.69, 9.17) is 11.6 Å². The number of carboxylic acid groups (broad SMARTS) is 1. The Balaban J connectivity index is 1.31. The molecule has 9 nitrogen and oxygen atoms in total. The van der Waals surface area contributed by atoms with Crippen molar-refractivity contribution in [2.75, 3.05) is 6.54 Å². The minimum absolute atomic E-state index is 0.00458. The fraction of sp³-hybridized carbons (Fsp3) is 0.241. The number of phenols is 1. The molecule has 1 aliphatic rings. The average Bonchev–Trinajstić information content (AvgIpc) is 3.32. The molecule has 0 aliphatic heterocycles. The first-order valence-electron chi connectivity index (χ1n) is 12.5. The number of hydrogen-bond donors (Lipinski definition) is 5. The van der Waals surface area contributed by atoms with Gasteiger partial charge in [-0.15, -0.1) is 0 Å². The molecule has 39 heavy (non-hydrogen) atoms. The van der Waals surface area contributed by atoms with E-state index in [1.165, 1.54) is 29.8 Å². The zero-order valence-electron chi connectivity index (χ0n) is 20.9. The van der Waals surface area contributed by atoms with Gasteiger partial charge in [-0.25, -0.2) is 4.79 Å². The van der Waals surface area contributed by atoms with E-state index in [2.05, 4.69) is 16.0 Å². The molecule has 0 fully saturated rings. The van der Waals surface area contributed by atoms with Crippen LogP contribution in [0.4, 0.5) is 4.79 Å². The molecular weight excluding hydrogens is 522 g/mol. The minimum atomic E-state index is -1.23. The third kappa shape index (κ3) is 6.94. The average molecular weight is 550 g/mol. The number of nitrogens with one attached hydrogen (secondary N) is 3. The van der Waals surface area contributed by atoms with Gasteiger partial charge >= 0.3 is 12.0 Å². The lowest BCUT2D eigenvalue weighted by Gasteiger charge is -2.17. The van der Waals surface area contributed by atoms with E-state index in [0.717, 1.165) is 18.4 Å². The molecule has 0 saturated carbocycles. The number of carboxylic acids is 1. The molecule has 3 aromatic rings. The number of benzene rings is 3. The fourth-order valence-corrected chi connectivity index (χ4v) is 4.82. The van der Waals surface area contributed by atoms with Crippen molar-refractivity contribution in [3.63, 3.8) is 0 Å². The predicted octanol–water partition coefficient (Wildman–Crippen LogP) is 4.24. The zero-order chi connectivity index (χ0) is 27.9. The first kappa shape index (κ1) is 27.7. The number of amides is 3. The van der Waals surface area contributed by atoms with Crippen LogP contribution in [-0.4, -0.2) is 40.4 Å². The number of aromatic hydroxyl groups is 1. The van der Waals surface area contributed by atoms with Crippen LogP contribution >= 0.6 is 11.6 Å². The summed E-state index contributed by atoms with van der Waals surface area (Å²) in [6, 6.07) is 17.9. The summed E-state index contributed by atoms with van der Waals surface area (Å²) in [6.07, 6.45) is 1.22. The molecule has 10 heteroatoms. The highest BCUT2D eigenvalue weighted by Gasteiger charge is 2.26. The van der Waals surface area contributed by atoms with E-state index < -0.39 is 29.6 Å². The Hall–Kier alpha value is -4.37. The molecule has 0 aromatic heterocycles. The standard InChI is InChI=1S/C29H28ClN3O6/c30-23-13-18(27(36)31-15-19-6-2-4-8-25(19)34)9-11-22(23)26(35)14-20(28(37)38)16-32-29(39)33-24-12-10-17-5-1-3-7-21(17)24/h1-9,11,13,20,24,34H,10,12,14-16H2,(H,31,36)(H,37,38)(H2,32,33,39). The van der Waals surface area contributed by atoms with Crippen LogP contribution in [-0.2, 0) is 17.8 Å². The van der Waals surface area contributed by atoms with Crippen LogP contribution in [0.5, 0.6) is 5.75 Å². The molecular formula is C29H28ClN3O6. The Bertz CT molecular complexity index is 1410. The molecule has 0 bridgehead atoms. The second-order valence-corrected chi connectivity index (χ2v) is 9.72. The highest BCUT2D eigenvalue weighted by molar-refractivity contribution is 6.34. The van der Waals surface area contributed by atoms with Gasteiger partial charge in [0.25, 0.3) is 5.91 Å². The van der Waals surface area contributed by atoms with E-state index in [0.29, 0.717) is 5.56 Å². The SMILES string of the molecule is O=C(NCC(CC(=O)c1ccc(C(=O)NCc2ccccc2O)cc1Cl)C(=O)O)NC1CCc2ccccc21. The van der Waals surface area contributed by atoms with Crippen molar-refractivity contribution in [1.29, 1.82) is 0 Å². The maximum atomic E-state index is 12.9. The number of hydrogen-bond acceptors (Lipinski definition) is 5. The lowest BCUT2D eigenvalue weighted by Crippen LogP contribution is -2.41. The van der Waals surface area contributed by atoms with Crippen molar-refractivity contribution in [1.82, 2.24) is 16.0 Å². The van der Waals surface area contributed by atoms with Crippen molar-refractivity contribution in [2.24, 2.45) is 5.92 Å². The minimum Gasteiger partial charge on any atom is -0.508 e. The number of fused-ring (bicyclic) bond motifs is 1. The summed E-state index contributed by atoms with van der Waals surface area (Å²) in [5.74, 6) is -3.33. The normalized spacial score (nSPS) is 14.6. The van der Waals surface area contributed by atoms with Gasteiger partial charge in [0.15, 0.2) is 5.78 Å². The fourth-order valence-electron chi connectivity index (χ4n) is 4.53. The van der Waals surface area contributed by atoms with Crippen LogP contribution in [0.25, 0.3) is 0 Å². The summed E-state index contributed by atoms with van der Waals surface area (Å²) < 4.78 is 0. The van der Waals surface area contributed by atoms with Gasteiger partial charge in [0.1, 0.15) is 5.75 Å². The molecule has 2 unspecified atom stereocenters. The Kier molecular flexibility index (Phi) is 8.83. The van der Waals surface area contributed by atoms with Gasteiger partial charge in [-0.2, -0.15) is 0 Å². The number of Topliss-reactive ketones (excluding diaryl/α,β-unsaturated/α-hetero) is 1. The van der Waals surface area contributed by atoms with Gasteiger partial charge in [0.05, 0.1) is 17.0 Å². The van der Waals surface area contributed by atoms with E-state index in [1.807, 2.05) is 24.3 Å². The van der Waals surface area contributed by atoms with E-state index in [-0.39, 0.29) is 47.5 Å². The highest BCUT2D eigenvalue weighted by atomic mass is 35.5. The third-order valence-electron chi connectivity index (χ3n) is 6.69. The first-order chi connectivity index (χ1) is 18.7. The number of rotatable bonds is 10. The van der Waals surface area contributed by atoms with Crippen LogP contribution in [0.3, 0.4) is 0 Å². The lowest BCUT2D eigenvalue weighted by molar-refractivity contribution is -0.141. The summed E-state index contributed by atoms with van der Waals surface area (Å²) in [7, 11) is 0. The summed E-state index contributed by atoms with van der Waals surface area (Å²) >= 11 is 6.27. The largest absolute Gasteiger partial charge is 0.508 e. The lowest BCUT2D eigenvalue weighted by atomic mass is 9.97. The number of para-hydroxylation sites is 1. The molecule has 3 amide bonds. The van der Waals surface area contributed by atoms with Gasteiger partial charge < -0.3 is 26.2 Å². The van der Waals surface area contributed by atoms with Crippen LogP contribution in [0, 0.1) is 5.92 Å². The monoisotopic (exact) mass is 549 g/mol. The number of halogens is 1. The molecule has 0 radical (unpaired) electrons. The topological polar surface area (TPSA) is 145 Å². The van der Waals surface area contributed by atoms with E-state index in [1.54, 1.807) is 18.2 Å². The Morgan fingerprint density at radius 3 is 2.46 bits per heavy atom. The maximum Gasteiger partial charge on any atom is 0.315 e. The number of carbonyl (C=O) groups excluding carboxylic acids is 3. The second kappa shape index (κ2) is 12.4. The molecule has 0 spiro atoms. The van der Waals surface area contributed by atoms with Crippen LogP contribution in [0.2, 0.25) is 5.02 Å². The van der Waals surface area contributed by atoms with E-state index in [9.17, 15) is 29.4 Å².